The van der Waals surface area contributed by atoms with E-state index in [1.54, 1.807) is 17.0 Å². The van der Waals surface area contributed by atoms with Gasteiger partial charge >= 0.3 is 0 Å². The molecule has 1 atom stereocenters. The second-order valence-corrected chi connectivity index (χ2v) is 3.69. The monoisotopic (exact) mass is 225 g/mol. The Morgan fingerprint density at radius 2 is 2.31 bits per heavy atom. The van der Waals surface area contributed by atoms with Crippen LogP contribution in [-0.4, -0.2) is 27.3 Å². The summed E-state index contributed by atoms with van der Waals surface area (Å²) in [7, 11) is 0. The van der Waals surface area contributed by atoms with Gasteiger partial charge in [-0.05, 0) is 13.3 Å². The highest BCUT2D eigenvalue weighted by molar-refractivity contribution is 5.30. The topological polar surface area (TPSA) is 67.2 Å². The van der Waals surface area contributed by atoms with Crippen LogP contribution in [0.25, 0.3) is 0 Å². The zero-order valence-corrected chi connectivity index (χ0v) is 9.81. The molecule has 2 N–H and O–H groups in total. The molecule has 0 radical (unpaired) electrons. The van der Waals surface area contributed by atoms with E-state index in [4.69, 9.17) is 0 Å². The van der Waals surface area contributed by atoms with Gasteiger partial charge in [-0.2, -0.15) is 0 Å². The van der Waals surface area contributed by atoms with Crippen molar-refractivity contribution in [2.24, 2.45) is 0 Å². The first-order valence-corrected chi connectivity index (χ1v) is 5.66. The average Bonchev–Trinajstić information content (AvgIpc) is 2.28. The molecule has 1 aromatic rings. The van der Waals surface area contributed by atoms with Gasteiger partial charge in [0.15, 0.2) is 5.82 Å². The van der Waals surface area contributed by atoms with E-state index >= 15 is 0 Å². The van der Waals surface area contributed by atoms with Crippen LogP contribution in [0.4, 0.5) is 5.82 Å². The van der Waals surface area contributed by atoms with Gasteiger partial charge in [-0.3, -0.25) is 4.79 Å². The highest BCUT2D eigenvalue weighted by Gasteiger charge is 2.06. The van der Waals surface area contributed by atoms with Crippen LogP contribution >= 0.6 is 0 Å². The second kappa shape index (κ2) is 6.27. The van der Waals surface area contributed by atoms with Crippen molar-refractivity contribution in [3.8, 4) is 0 Å². The number of aliphatic hydroxyl groups is 1. The van der Waals surface area contributed by atoms with E-state index in [1.807, 2.05) is 13.8 Å². The van der Waals surface area contributed by atoms with Gasteiger partial charge in [0, 0.05) is 25.5 Å². The van der Waals surface area contributed by atoms with Crippen LogP contribution in [0.2, 0.25) is 0 Å². The quantitative estimate of drug-likeness (QED) is 0.752. The minimum absolute atomic E-state index is 0.145. The lowest BCUT2D eigenvalue weighted by Crippen LogP contribution is -2.27. The lowest BCUT2D eigenvalue weighted by molar-refractivity contribution is 0.176. The minimum atomic E-state index is -0.429. The van der Waals surface area contributed by atoms with Gasteiger partial charge in [0.2, 0.25) is 0 Å². The van der Waals surface area contributed by atoms with E-state index in [0.29, 0.717) is 18.9 Å². The van der Waals surface area contributed by atoms with Crippen LogP contribution in [0.5, 0.6) is 0 Å². The van der Waals surface area contributed by atoms with Gasteiger partial charge in [0.1, 0.15) is 0 Å². The van der Waals surface area contributed by atoms with Crippen molar-refractivity contribution < 1.29 is 5.11 Å². The number of nitrogens with one attached hydrogen (secondary N) is 1. The number of aromatic nitrogens is 2. The third-order valence-corrected chi connectivity index (χ3v) is 2.38. The number of hydrogen-bond acceptors (Lipinski definition) is 4. The van der Waals surface area contributed by atoms with E-state index in [2.05, 4.69) is 10.3 Å². The summed E-state index contributed by atoms with van der Waals surface area (Å²) in [6, 6.07) is 0. The highest BCUT2D eigenvalue weighted by atomic mass is 16.3. The Balaban J connectivity index is 2.64. The molecular weight excluding hydrogens is 206 g/mol. The van der Waals surface area contributed by atoms with Crippen molar-refractivity contribution in [2.75, 3.05) is 11.9 Å². The Bertz CT molecular complexity index is 376. The predicted octanol–water partition coefficient (Wildman–Crippen LogP) is 0.836. The van der Waals surface area contributed by atoms with E-state index in [1.165, 1.54) is 0 Å². The van der Waals surface area contributed by atoms with Gasteiger partial charge < -0.3 is 15.0 Å². The molecule has 0 aliphatic carbocycles. The largest absolute Gasteiger partial charge is 0.391 e. The summed E-state index contributed by atoms with van der Waals surface area (Å²) >= 11 is 0. The molecular formula is C11H19N3O2. The smallest absolute Gasteiger partial charge is 0.293 e. The summed E-state index contributed by atoms with van der Waals surface area (Å²) < 4.78 is 1.57. The molecule has 0 fully saturated rings. The summed E-state index contributed by atoms with van der Waals surface area (Å²) in [5, 5.41) is 12.4. The third-order valence-electron chi connectivity index (χ3n) is 2.38. The van der Waals surface area contributed by atoms with Crippen molar-refractivity contribution in [3.05, 3.63) is 22.7 Å². The van der Waals surface area contributed by atoms with Crippen molar-refractivity contribution in [1.82, 2.24) is 9.55 Å². The molecule has 0 saturated heterocycles. The summed E-state index contributed by atoms with van der Waals surface area (Å²) in [5.41, 5.74) is -0.145. The molecule has 0 aromatic carbocycles. The fourth-order valence-electron chi connectivity index (χ4n) is 1.47. The first-order valence-electron chi connectivity index (χ1n) is 5.66. The van der Waals surface area contributed by atoms with Crippen molar-refractivity contribution in [3.63, 3.8) is 0 Å². The van der Waals surface area contributed by atoms with Gasteiger partial charge in [-0.15, -0.1) is 0 Å². The molecule has 0 aliphatic rings. The molecule has 5 heteroatoms. The number of anilines is 1. The maximum absolute atomic E-state index is 11.7. The van der Waals surface area contributed by atoms with Crippen molar-refractivity contribution in [1.29, 1.82) is 0 Å². The predicted molar refractivity (Wildman–Crippen MR) is 63.6 cm³/mol. The lowest BCUT2D eigenvalue weighted by Gasteiger charge is -2.11. The van der Waals surface area contributed by atoms with E-state index in [0.717, 1.165) is 12.8 Å². The standard InChI is InChI=1S/C11H19N3O2/c1-3-5-9(15)8-13-10-11(16)14(4-2)7-6-12-10/h6-7,9,15H,3-5,8H2,1-2H3,(H,12,13). The number of aryl methyl sites for hydroxylation is 1. The first kappa shape index (κ1) is 12.7. The lowest BCUT2D eigenvalue weighted by atomic mass is 10.2. The third kappa shape index (κ3) is 3.34. The fourth-order valence-corrected chi connectivity index (χ4v) is 1.47. The van der Waals surface area contributed by atoms with Crippen LogP contribution in [0, 0.1) is 0 Å². The molecule has 90 valence electrons. The Morgan fingerprint density at radius 1 is 1.56 bits per heavy atom. The van der Waals surface area contributed by atoms with Crippen molar-refractivity contribution in [2.45, 2.75) is 39.3 Å². The zero-order chi connectivity index (χ0) is 12.0. The maximum atomic E-state index is 11.7. The summed E-state index contributed by atoms with van der Waals surface area (Å²) in [6.07, 6.45) is 4.45. The normalized spacial score (nSPS) is 12.4. The Hall–Kier alpha value is -1.36. The molecule has 1 unspecified atom stereocenters. The van der Waals surface area contributed by atoms with Gasteiger partial charge in [0.25, 0.3) is 5.56 Å². The molecule has 0 amide bonds. The molecule has 5 nitrogen and oxygen atoms in total. The molecule has 0 aliphatic heterocycles. The zero-order valence-electron chi connectivity index (χ0n) is 9.81. The number of nitrogens with zero attached hydrogens (tertiary/aromatic N) is 2. The van der Waals surface area contributed by atoms with E-state index in [9.17, 15) is 9.90 Å². The van der Waals surface area contributed by atoms with Gasteiger partial charge in [-0.1, -0.05) is 13.3 Å². The summed E-state index contributed by atoms with van der Waals surface area (Å²) in [5.74, 6) is 0.305. The number of hydrogen-bond donors (Lipinski definition) is 2. The molecule has 0 bridgehead atoms. The Labute approximate surface area is 95.1 Å². The van der Waals surface area contributed by atoms with Gasteiger partial charge in [0.05, 0.1) is 6.10 Å². The first-order chi connectivity index (χ1) is 7.69. The van der Waals surface area contributed by atoms with Crippen molar-refractivity contribution >= 4 is 5.82 Å². The van der Waals surface area contributed by atoms with Crippen LogP contribution in [0.3, 0.4) is 0 Å². The SMILES string of the molecule is CCCC(O)CNc1nccn(CC)c1=O. The number of rotatable bonds is 6. The minimum Gasteiger partial charge on any atom is -0.391 e. The summed E-state index contributed by atoms with van der Waals surface area (Å²) in [4.78, 5) is 15.7. The molecule has 0 saturated carbocycles. The second-order valence-electron chi connectivity index (χ2n) is 3.69. The van der Waals surface area contributed by atoms with Crippen LogP contribution in [0.15, 0.2) is 17.2 Å². The van der Waals surface area contributed by atoms with E-state index < -0.39 is 6.10 Å². The molecule has 0 spiro atoms. The summed E-state index contributed by atoms with van der Waals surface area (Å²) in [6.45, 7) is 4.89. The Kier molecular flexibility index (Phi) is 4.98. The fraction of sp³-hybridized carbons (Fsp3) is 0.636. The molecule has 1 heterocycles. The number of aliphatic hydroxyl groups excluding tert-OH is 1. The van der Waals surface area contributed by atoms with Crippen LogP contribution < -0.4 is 10.9 Å². The van der Waals surface area contributed by atoms with Crippen LogP contribution in [0.1, 0.15) is 26.7 Å². The van der Waals surface area contributed by atoms with E-state index in [-0.39, 0.29) is 5.56 Å². The molecule has 1 rings (SSSR count). The van der Waals surface area contributed by atoms with Gasteiger partial charge in [-0.25, -0.2) is 4.98 Å². The average molecular weight is 225 g/mol. The molecule has 16 heavy (non-hydrogen) atoms. The Morgan fingerprint density at radius 3 is 2.94 bits per heavy atom. The molecule has 1 aromatic heterocycles. The highest BCUT2D eigenvalue weighted by Crippen LogP contribution is 1.98. The van der Waals surface area contributed by atoms with Crippen LogP contribution in [-0.2, 0) is 6.54 Å². The maximum Gasteiger partial charge on any atom is 0.293 e.